The molecule has 18 heavy (non-hydrogen) atoms. The van der Waals surface area contributed by atoms with Gasteiger partial charge in [-0.1, -0.05) is 0 Å². The van der Waals surface area contributed by atoms with E-state index in [1.54, 1.807) is 0 Å². The number of benzene rings is 1. The molecule has 1 fully saturated rings. The highest BCUT2D eigenvalue weighted by molar-refractivity contribution is 14.1. The van der Waals surface area contributed by atoms with Crippen molar-refractivity contribution in [1.82, 2.24) is 3.11 Å². The summed E-state index contributed by atoms with van der Waals surface area (Å²) in [5, 5.41) is 9.37. The van der Waals surface area contributed by atoms with E-state index in [-0.39, 0.29) is 5.82 Å². The number of carboxylic acid groups (broad SMARTS) is 1. The van der Waals surface area contributed by atoms with Gasteiger partial charge in [0.1, 0.15) is 11.6 Å². The molecule has 0 aromatic heterocycles. The van der Waals surface area contributed by atoms with Gasteiger partial charge in [0.25, 0.3) is 0 Å². The average Bonchev–Trinajstić information content (AvgIpc) is 2.35. The maximum Gasteiger partial charge on any atom is 0.348 e. The summed E-state index contributed by atoms with van der Waals surface area (Å²) in [4.78, 5) is 11.4. The Labute approximate surface area is 118 Å². The Morgan fingerprint density at radius 3 is 2.39 bits per heavy atom. The zero-order chi connectivity index (χ0) is 13.2. The third-order valence-corrected chi connectivity index (χ3v) is 4.00. The number of rotatable bonds is 3. The Kier molecular flexibility index (Phi) is 4.06. The standard InChI is InChI=1S/C12H13FINO3/c13-9-1-3-10(4-2-9)18-12(11(16)17)5-7-15(14)8-6-12/h1-4H,5-8H2,(H,16,17). The molecule has 1 aromatic carbocycles. The Balaban J connectivity index is 2.16. The smallest absolute Gasteiger partial charge is 0.348 e. The van der Waals surface area contributed by atoms with Gasteiger partial charge in [0.15, 0.2) is 0 Å². The first-order chi connectivity index (χ1) is 8.52. The van der Waals surface area contributed by atoms with Crippen molar-refractivity contribution in [3.8, 4) is 5.75 Å². The maximum atomic E-state index is 12.8. The van der Waals surface area contributed by atoms with Crippen molar-refractivity contribution in [2.24, 2.45) is 0 Å². The first kappa shape index (κ1) is 13.5. The van der Waals surface area contributed by atoms with Crippen LogP contribution < -0.4 is 4.74 Å². The van der Waals surface area contributed by atoms with E-state index < -0.39 is 11.6 Å². The molecule has 1 N–H and O–H groups in total. The third-order valence-electron chi connectivity index (χ3n) is 3.03. The second kappa shape index (κ2) is 5.40. The normalized spacial score (nSPS) is 19.4. The summed E-state index contributed by atoms with van der Waals surface area (Å²) in [6.45, 7) is 1.32. The molecule has 0 aliphatic carbocycles. The lowest BCUT2D eigenvalue weighted by atomic mass is 9.92. The van der Waals surface area contributed by atoms with Crippen molar-refractivity contribution >= 4 is 28.8 Å². The van der Waals surface area contributed by atoms with Gasteiger partial charge in [0.05, 0.1) is 0 Å². The van der Waals surface area contributed by atoms with E-state index in [0.29, 0.717) is 31.7 Å². The number of hydrogen-bond donors (Lipinski definition) is 1. The van der Waals surface area contributed by atoms with Crippen LogP contribution in [0.1, 0.15) is 12.8 Å². The van der Waals surface area contributed by atoms with Crippen molar-refractivity contribution in [3.05, 3.63) is 30.1 Å². The van der Waals surface area contributed by atoms with Crippen LogP contribution in [0.4, 0.5) is 4.39 Å². The van der Waals surface area contributed by atoms with E-state index in [0.717, 1.165) is 0 Å². The summed E-state index contributed by atoms with van der Waals surface area (Å²) in [6.07, 6.45) is 0.839. The quantitative estimate of drug-likeness (QED) is 0.661. The summed E-state index contributed by atoms with van der Waals surface area (Å²) < 4.78 is 20.4. The van der Waals surface area contributed by atoms with Gasteiger partial charge < -0.3 is 9.84 Å². The van der Waals surface area contributed by atoms with Gasteiger partial charge in [0.2, 0.25) is 5.60 Å². The molecule has 1 saturated heterocycles. The van der Waals surface area contributed by atoms with Crippen molar-refractivity contribution in [2.45, 2.75) is 18.4 Å². The second-order valence-electron chi connectivity index (χ2n) is 4.27. The first-order valence-electron chi connectivity index (χ1n) is 5.60. The van der Waals surface area contributed by atoms with Crippen molar-refractivity contribution in [2.75, 3.05) is 13.1 Å². The second-order valence-corrected chi connectivity index (χ2v) is 5.63. The molecule has 1 aliphatic heterocycles. The van der Waals surface area contributed by atoms with Crippen molar-refractivity contribution in [1.29, 1.82) is 0 Å². The molecular formula is C12H13FINO3. The molecule has 4 nitrogen and oxygen atoms in total. The number of ether oxygens (including phenoxy) is 1. The zero-order valence-electron chi connectivity index (χ0n) is 9.60. The zero-order valence-corrected chi connectivity index (χ0v) is 11.8. The minimum Gasteiger partial charge on any atom is -0.478 e. The lowest BCUT2D eigenvalue weighted by molar-refractivity contribution is -0.158. The largest absolute Gasteiger partial charge is 0.478 e. The third kappa shape index (κ3) is 2.92. The fourth-order valence-electron chi connectivity index (χ4n) is 1.93. The summed E-state index contributed by atoms with van der Waals surface area (Å²) in [6, 6.07) is 5.43. The van der Waals surface area contributed by atoms with Crippen LogP contribution in [-0.4, -0.2) is 32.9 Å². The van der Waals surface area contributed by atoms with Gasteiger partial charge in [-0.2, -0.15) is 0 Å². The van der Waals surface area contributed by atoms with Gasteiger partial charge in [-0.25, -0.2) is 12.3 Å². The topological polar surface area (TPSA) is 49.8 Å². The predicted molar refractivity (Wildman–Crippen MR) is 72.2 cm³/mol. The number of piperidine rings is 1. The molecule has 0 spiro atoms. The Hall–Kier alpha value is -0.890. The van der Waals surface area contributed by atoms with Gasteiger partial charge >= 0.3 is 5.97 Å². The highest BCUT2D eigenvalue weighted by Gasteiger charge is 2.43. The molecule has 1 aliphatic rings. The molecule has 2 rings (SSSR count). The van der Waals surface area contributed by atoms with Gasteiger partial charge in [0, 0.05) is 48.8 Å². The predicted octanol–water partition coefficient (Wildman–Crippen LogP) is 2.47. The number of carbonyl (C=O) groups is 1. The van der Waals surface area contributed by atoms with Crippen LogP contribution in [0.5, 0.6) is 5.75 Å². The fraction of sp³-hybridized carbons (Fsp3) is 0.417. The molecule has 1 aromatic rings. The van der Waals surface area contributed by atoms with Crippen LogP contribution in [0.3, 0.4) is 0 Å². The van der Waals surface area contributed by atoms with Crippen molar-refractivity contribution in [3.63, 3.8) is 0 Å². The molecule has 0 unspecified atom stereocenters. The number of aliphatic carboxylic acids is 1. The van der Waals surface area contributed by atoms with E-state index in [9.17, 15) is 14.3 Å². The SMILES string of the molecule is O=C(O)C1(Oc2ccc(F)cc2)CCN(I)CC1. The summed E-state index contributed by atoms with van der Waals surface area (Å²) in [5.74, 6) is -0.939. The van der Waals surface area contributed by atoms with Crippen LogP contribution >= 0.6 is 22.9 Å². The summed E-state index contributed by atoms with van der Waals surface area (Å²) in [5.41, 5.74) is -1.19. The lowest BCUT2D eigenvalue weighted by Gasteiger charge is -2.36. The van der Waals surface area contributed by atoms with Crippen LogP contribution in [0.25, 0.3) is 0 Å². The van der Waals surface area contributed by atoms with Crippen LogP contribution in [-0.2, 0) is 4.79 Å². The number of nitrogens with zero attached hydrogens (tertiary/aromatic N) is 1. The van der Waals surface area contributed by atoms with Crippen molar-refractivity contribution < 1.29 is 19.0 Å². The number of halogens is 2. The minimum absolute atomic E-state index is 0.367. The monoisotopic (exact) mass is 365 g/mol. The average molecular weight is 365 g/mol. The minimum atomic E-state index is -1.19. The van der Waals surface area contributed by atoms with Crippen LogP contribution in [0.15, 0.2) is 24.3 Å². The molecule has 0 bridgehead atoms. The Morgan fingerprint density at radius 1 is 1.33 bits per heavy atom. The van der Waals surface area contributed by atoms with Crippen LogP contribution in [0.2, 0.25) is 0 Å². The maximum absolute atomic E-state index is 12.8. The lowest BCUT2D eigenvalue weighted by Crippen LogP contribution is -2.51. The van der Waals surface area contributed by atoms with Gasteiger partial charge in [-0.3, -0.25) is 0 Å². The van der Waals surface area contributed by atoms with E-state index in [4.69, 9.17) is 4.74 Å². The molecular weight excluding hydrogens is 352 g/mol. The molecule has 98 valence electrons. The molecule has 0 saturated carbocycles. The fourth-order valence-corrected chi connectivity index (χ4v) is 2.41. The molecule has 6 heteroatoms. The van der Waals surface area contributed by atoms with Crippen LogP contribution in [0, 0.1) is 5.82 Å². The molecule has 0 atom stereocenters. The Morgan fingerprint density at radius 2 is 1.89 bits per heavy atom. The molecule has 0 radical (unpaired) electrons. The molecule has 1 heterocycles. The van der Waals surface area contributed by atoms with E-state index in [1.807, 2.05) is 3.11 Å². The van der Waals surface area contributed by atoms with Gasteiger partial charge in [-0.15, -0.1) is 0 Å². The summed E-state index contributed by atoms with van der Waals surface area (Å²) in [7, 11) is 0. The molecule has 0 amide bonds. The number of carboxylic acids is 1. The highest BCUT2D eigenvalue weighted by atomic mass is 127. The highest BCUT2D eigenvalue weighted by Crippen LogP contribution is 2.30. The Bertz CT molecular complexity index is 429. The van der Waals surface area contributed by atoms with Gasteiger partial charge in [-0.05, 0) is 24.3 Å². The first-order valence-corrected chi connectivity index (χ1v) is 6.57. The van der Waals surface area contributed by atoms with E-state index >= 15 is 0 Å². The summed E-state index contributed by atoms with van der Waals surface area (Å²) >= 11 is 2.17. The van der Waals surface area contributed by atoms with E-state index in [1.165, 1.54) is 24.3 Å². The van der Waals surface area contributed by atoms with E-state index in [2.05, 4.69) is 22.9 Å². The number of hydrogen-bond acceptors (Lipinski definition) is 3.